The lowest BCUT2D eigenvalue weighted by Crippen LogP contribution is -2.32. The molecule has 0 saturated heterocycles. The Morgan fingerprint density at radius 1 is 1.38 bits per heavy atom. The molecule has 6 nitrogen and oxygen atoms in total. The van der Waals surface area contributed by atoms with Crippen LogP contribution in [0.25, 0.3) is 0 Å². The van der Waals surface area contributed by atoms with Gasteiger partial charge in [-0.2, -0.15) is 5.10 Å². The number of benzene rings is 1. The molecule has 1 N–H and O–H groups in total. The van der Waals surface area contributed by atoms with Crippen LogP contribution in [0, 0.1) is 0 Å². The summed E-state index contributed by atoms with van der Waals surface area (Å²) in [5, 5.41) is 6.51. The van der Waals surface area contributed by atoms with Crippen LogP contribution in [0.2, 0.25) is 5.02 Å². The van der Waals surface area contributed by atoms with Gasteiger partial charge in [0.1, 0.15) is 18.1 Å². The Morgan fingerprint density at radius 2 is 2.19 bits per heavy atom. The van der Waals surface area contributed by atoms with E-state index in [0.717, 1.165) is 0 Å². The predicted octanol–water partition coefficient (Wildman–Crippen LogP) is 1.57. The average molecular weight is 308 g/mol. The average Bonchev–Trinajstić information content (AvgIpc) is 2.47. The number of likely N-dealkylation sites (N-methyl/N-ethyl adjacent to an activating group) is 1. The number of H-pyrrole nitrogens is 1. The standard InChI is InChI=1S/C14H14ClN3O3/c1-18(14(20)12-5-6-13(19)17-16-12)7-8-21-11-4-2-3-10(15)9-11/h2-6,9H,7-8H2,1H3,(H,17,19). The molecule has 0 aliphatic rings. The fraction of sp³-hybridized carbons (Fsp3) is 0.214. The van der Waals surface area contributed by atoms with Gasteiger partial charge in [0.15, 0.2) is 0 Å². The molecule has 1 aromatic heterocycles. The Morgan fingerprint density at radius 3 is 2.86 bits per heavy atom. The van der Waals surface area contributed by atoms with E-state index in [1.807, 2.05) is 0 Å². The Balaban J connectivity index is 1.86. The van der Waals surface area contributed by atoms with Crippen LogP contribution in [0.4, 0.5) is 0 Å². The topological polar surface area (TPSA) is 75.3 Å². The van der Waals surface area contributed by atoms with Gasteiger partial charge >= 0.3 is 0 Å². The van der Waals surface area contributed by atoms with Crippen LogP contribution < -0.4 is 10.3 Å². The molecule has 110 valence electrons. The van der Waals surface area contributed by atoms with Crippen LogP contribution in [0.5, 0.6) is 5.75 Å². The van der Waals surface area contributed by atoms with Crippen LogP contribution in [-0.4, -0.2) is 41.2 Å². The summed E-state index contributed by atoms with van der Waals surface area (Å²) in [4.78, 5) is 24.4. The summed E-state index contributed by atoms with van der Waals surface area (Å²) in [6.45, 7) is 0.706. The molecule has 0 fully saturated rings. The maximum atomic E-state index is 12.0. The van der Waals surface area contributed by atoms with Crippen molar-refractivity contribution in [3.05, 3.63) is 57.5 Å². The van der Waals surface area contributed by atoms with Crippen molar-refractivity contribution in [3.8, 4) is 5.75 Å². The van der Waals surface area contributed by atoms with Gasteiger partial charge in [0.2, 0.25) is 0 Å². The minimum Gasteiger partial charge on any atom is -0.492 e. The zero-order valence-corrected chi connectivity index (χ0v) is 12.1. The van der Waals surface area contributed by atoms with Crippen molar-refractivity contribution in [2.75, 3.05) is 20.2 Å². The predicted molar refractivity (Wildman–Crippen MR) is 78.8 cm³/mol. The zero-order valence-electron chi connectivity index (χ0n) is 11.4. The third-order valence-electron chi connectivity index (χ3n) is 2.74. The Kier molecular flexibility index (Phi) is 4.94. The Labute approximate surface area is 126 Å². The Bertz CT molecular complexity index is 667. The van der Waals surface area contributed by atoms with Gasteiger partial charge in [0.25, 0.3) is 11.5 Å². The second kappa shape index (κ2) is 6.90. The molecule has 0 atom stereocenters. The van der Waals surface area contributed by atoms with Crippen molar-refractivity contribution in [2.24, 2.45) is 0 Å². The summed E-state index contributed by atoms with van der Waals surface area (Å²) in [5.41, 5.74) is -0.168. The summed E-state index contributed by atoms with van der Waals surface area (Å²) in [6, 6.07) is 9.68. The summed E-state index contributed by atoms with van der Waals surface area (Å²) < 4.78 is 5.51. The molecular weight excluding hydrogens is 294 g/mol. The van der Waals surface area contributed by atoms with E-state index < -0.39 is 0 Å². The van der Waals surface area contributed by atoms with E-state index in [4.69, 9.17) is 16.3 Å². The van der Waals surface area contributed by atoms with Gasteiger partial charge in [-0.25, -0.2) is 5.10 Å². The van der Waals surface area contributed by atoms with E-state index in [-0.39, 0.29) is 17.2 Å². The summed E-state index contributed by atoms with van der Waals surface area (Å²) >= 11 is 5.85. The molecule has 21 heavy (non-hydrogen) atoms. The highest BCUT2D eigenvalue weighted by atomic mass is 35.5. The number of ether oxygens (including phenoxy) is 1. The molecule has 0 spiro atoms. The lowest BCUT2D eigenvalue weighted by atomic mass is 10.3. The number of nitrogens with one attached hydrogen (secondary N) is 1. The molecule has 0 aliphatic carbocycles. The molecule has 0 saturated carbocycles. The first-order valence-corrected chi connectivity index (χ1v) is 6.63. The van der Waals surface area contributed by atoms with Gasteiger partial charge in [-0.05, 0) is 24.3 Å². The molecule has 0 bridgehead atoms. The fourth-order valence-corrected chi connectivity index (χ4v) is 1.80. The summed E-state index contributed by atoms with van der Waals surface area (Å²) in [5.74, 6) is 0.353. The lowest BCUT2D eigenvalue weighted by Gasteiger charge is -2.16. The molecule has 0 radical (unpaired) electrons. The maximum absolute atomic E-state index is 12.0. The third-order valence-corrected chi connectivity index (χ3v) is 2.97. The van der Waals surface area contributed by atoms with Gasteiger partial charge in [-0.3, -0.25) is 9.59 Å². The number of rotatable bonds is 5. The molecular formula is C14H14ClN3O3. The fourth-order valence-electron chi connectivity index (χ4n) is 1.62. The second-order valence-corrected chi connectivity index (χ2v) is 4.78. The van der Waals surface area contributed by atoms with Gasteiger partial charge in [-0.1, -0.05) is 17.7 Å². The first-order chi connectivity index (χ1) is 10.1. The monoisotopic (exact) mass is 307 g/mol. The van der Waals surface area contributed by atoms with E-state index in [1.165, 1.54) is 17.0 Å². The summed E-state index contributed by atoms with van der Waals surface area (Å²) in [6.07, 6.45) is 0. The highest BCUT2D eigenvalue weighted by Gasteiger charge is 2.13. The van der Waals surface area contributed by atoms with E-state index in [2.05, 4.69) is 10.2 Å². The van der Waals surface area contributed by atoms with Crippen molar-refractivity contribution in [1.29, 1.82) is 0 Å². The molecule has 1 amide bonds. The molecule has 0 aliphatic heterocycles. The summed E-state index contributed by atoms with van der Waals surface area (Å²) in [7, 11) is 1.64. The van der Waals surface area contributed by atoms with Crippen LogP contribution in [0.1, 0.15) is 10.5 Å². The van der Waals surface area contributed by atoms with Crippen molar-refractivity contribution < 1.29 is 9.53 Å². The van der Waals surface area contributed by atoms with Crippen LogP contribution in [0.15, 0.2) is 41.2 Å². The number of hydrogen-bond acceptors (Lipinski definition) is 4. The largest absolute Gasteiger partial charge is 0.492 e. The highest BCUT2D eigenvalue weighted by molar-refractivity contribution is 6.30. The van der Waals surface area contributed by atoms with E-state index >= 15 is 0 Å². The third kappa shape index (κ3) is 4.32. The SMILES string of the molecule is CN(CCOc1cccc(Cl)c1)C(=O)c1ccc(=O)[nH]n1. The van der Waals surface area contributed by atoms with Gasteiger partial charge in [0.05, 0.1) is 6.54 Å². The first kappa shape index (κ1) is 15.1. The highest BCUT2D eigenvalue weighted by Crippen LogP contribution is 2.16. The van der Waals surface area contributed by atoms with E-state index in [0.29, 0.717) is 23.9 Å². The van der Waals surface area contributed by atoms with Gasteiger partial charge < -0.3 is 9.64 Å². The number of carbonyl (C=O) groups is 1. The number of aromatic nitrogens is 2. The van der Waals surface area contributed by atoms with Crippen LogP contribution in [0.3, 0.4) is 0 Å². The van der Waals surface area contributed by atoms with E-state index in [9.17, 15) is 9.59 Å². The van der Waals surface area contributed by atoms with Crippen molar-refractivity contribution in [2.45, 2.75) is 0 Å². The number of aromatic amines is 1. The minimum atomic E-state index is -0.349. The number of halogens is 1. The molecule has 1 aromatic carbocycles. The van der Waals surface area contributed by atoms with Crippen LogP contribution >= 0.6 is 11.6 Å². The molecule has 2 rings (SSSR count). The number of nitrogens with zero attached hydrogens (tertiary/aromatic N) is 2. The first-order valence-electron chi connectivity index (χ1n) is 6.26. The normalized spacial score (nSPS) is 10.2. The quantitative estimate of drug-likeness (QED) is 0.910. The Hall–Kier alpha value is -2.34. The van der Waals surface area contributed by atoms with Gasteiger partial charge in [-0.15, -0.1) is 0 Å². The molecule has 2 aromatic rings. The smallest absolute Gasteiger partial charge is 0.274 e. The number of amides is 1. The lowest BCUT2D eigenvalue weighted by molar-refractivity contribution is 0.0766. The molecule has 1 heterocycles. The van der Waals surface area contributed by atoms with Crippen LogP contribution in [-0.2, 0) is 0 Å². The maximum Gasteiger partial charge on any atom is 0.274 e. The van der Waals surface area contributed by atoms with Crippen molar-refractivity contribution in [1.82, 2.24) is 15.1 Å². The molecule has 0 unspecified atom stereocenters. The van der Waals surface area contributed by atoms with E-state index in [1.54, 1.807) is 31.3 Å². The molecule has 7 heteroatoms. The zero-order chi connectivity index (χ0) is 15.2. The minimum absolute atomic E-state index is 0.180. The number of carbonyl (C=O) groups excluding carboxylic acids is 1. The van der Waals surface area contributed by atoms with Crippen molar-refractivity contribution in [3.63, 3.8) is 0 Å². The van der Waals surface area contributed by atoms with Gasteiger partial charge in [0, 0.05) is 18.1 Å². The van der Waals surface area contributed by atoms with Crippen molar-refractivity contribution >= 4 is 17.5 Å². The second-order valence-electron chi connectivity index (χ2n) is 4.34. The number of hydrogen-bond donors (Lipinski definition) is 1.